The number of ether oxygens (including phenoxy) is 1. The highest BCUT2D eigenvalue weighted by Crippen LogP contribution is 2.66. The predicted octanol–water partition coefficient (Wildman–Crippen LogP) is 13.4. The fourth-order valence-electron chi connectivity index (χ4n) is 10.2. The summed E-state index contributed by atoms with van der Waals surface area (Å²) in [5, 5.41) is 0. The molecule has 8 atom stereocenters. The first-order chi connectivity index (χ1) is 22.1. The Morgan fingerprint density at radius 3 is 2.04 bits per heavy atom. The maximum absolute atomic E-state index is 12.8. The molecule has 3 fully saturated rings. The number of allylic oxidation sites excluding steroid dienone is 5. The normalized spacial score (nSPS) is 32.0. The molecular formula is C44H74O2. The number of carbonyl (C=O) groups is 1. The van der Waals surface area contributed by atoms with Gasteiger partial charge in [0.15, 0.2) is 0 Å². The Kier molecular flexibility index (Phi) is 14.6. The Morgan fingerprint density at radius 2 is 1.41 bits per heavy atom. The third-order valence-electron chi connectivity index (χ3n) is 13.8. The van der Waals surface area contributed by atoms with Crippen LogP contribution in [0.3, 0.4) is 0 Å². The minimum absolute atomic E-state index is 0.0423. The summed E-state index contributed by atoms with van der Waals surface area (Å²) in [5.74, 6) is 4.27. The highest BCUT2D eigenvalue weighted by atomic mass is 16.5. The number of fused-ring (bicyclic) bond motifs is 5. The minimum Gasteiger partial charge on any atom is -0.462 e. The van der Waals surface area contributed by atoms with Crippen molar-refractivity contribution in [3.05, 3.63) is 35.5 Å². The van der Waals surface area contributed by atoms with Crippen molar-refractivity contribution in [2.75, 3.05) is 0 Å². The van der Waals surface area contributed by atoms with Gasteiger partial charge in [0, 0.05) is 12.8 Å². The van der Waals surface area contributed by atoms with Crippen LogP contribution in [0.4, 0.5) is 0 Å². The number of rotatable bonds is 19. The monoisotopic (exact) mass is 635 g/mol. The van der Waals surface area contributed by atoms with Crippen molar-refractivity contribution in [3.63, 3.8) is 0 Å². The quantitative estimate of drug-likeness (QED) is 0.0802. The summed E-state index contributed by atoms with van der Waals surface area (Å²) in [6.07, 6.45) is 36.7. The standard InChI is InChI=1S/C44H74O2/c1-8-9-10-11-12-13-14-15-16-17-18-19-20-21-42(45)46-37-28-30-43(6)36(32-37)24-25-38-40-27-26-39(44(40,7)31-29-41(38)43)35(5)23-22-34(4)33(2)3/h22-25,33-35,37,39-41H,8-21,26-32H2,1-7H3/b23-22+/t34-,35+,37-,39+,40-,41+,43+,44+/m0/s1. The third kappa shape index (κ3) is 9.43. The van der Waals surface area contributed by atoms with Crippen LogP contribution >= 0.6 is 0 Å². The Labute approximate surface area is 286 Å². The molecule has 0 bridgehead atoms. The van der Waals surface area contributed by atoms with Crippen molar-refractivity contribution in [3.8, 4) is 0 Å². The van der Waals surface area contributed by atoms with Gasteiger partial charge in [-0.3, -0.25) is 4.79 Å². The van der Waals surface area contributed by atoms with Gasteiger partial charge in [-0.25, -0.2) is 0 Å². The number of carbonyl (C=O) groups excluding carboxylic acids is 1. The van der Waals surface area contributed by atoms with Crippen LogP contribution in [0.5, 0.6) is 0 Å². The summed E-state index contributed by atoms with van der Waals surface area (Å²) >= 11 is 0. The Hall–Kier alpha value is -1.31. The predicted molar refractivity (Wildman–Crippen MR) is 198 cm³/mol. The van der Waals surface area contributed by atoms with E-state index >= 15 is 0 Å². The molecule has 0 heterocycles. The van der Waals surface area contributed by atoms with Crippen molar-refractivity contribution >= 4 is 5.97 Å². The van der Waals surface area contributed by atoms with Crippen LogP contribution < -0.4 is 0 Å². The van der Waals surface area contributed by atoms with E-state index in [0.717, 1.165) is 37.5 Å². The van der Waals surface area contributed by atoms with Gasteiger partial charge >= 0.3 is 5.97 Å². The maximum atomic E-state index is 12.8. The van der Waals surface area contributed by atoms with Gasteiger partial charge in [0.25, 0.3) is 0 Å². The van der Waals surface area contributed by atoms with Crippen molar-refractivity contribution in [1.29, 1.82) is 0 Å². The third-order valence-corrected chi connectivity index (χ3v) is 13.8. The van der Waals surface area contributed by atoms with Crippen LogP contribution in [0.25, 0.3) is 0 Å². The van der Waals surface area contributed by atoms with Crippen molar-refractivity contribution in [2.45, 2.75) is 189 Å². The summed E-state index contributed by atoms with van der Waals surface area (Å²) in [5.41, 5.74) is 4.00. The molecule has 0 radical (unpaired) electrons. The molecule has 0 amide bonds. The topological polar surface area (TPSA) is 26.3 Å². The molecule has 3 saturated carbocycles. The summed E-state index contributed by atoms with van der Waals surface area (Å²) in [6, 6.07) is 0. The smallest absolute Gasteiger partial charge is 0.306 e. The molecule has 4 aliphatic carbocycles. The van der Waals surface area contributed by atoms with E-state index in [9.17, 15) is 4.79 Å². The highest BCUT2D eigenvalue weighted by Gasteiger charge is 2.57. The van der Waals surface area contributed by atoms with Crippen LogP contribution in [-0.4, -0.2) is 12.1 Å². The molecule has 0 saturated heterocycles. The molecule has 0 spiro atoms. The van der Waals surface area contributed by atoms with E-state index in [0.29, 0.717) is 35.5 Å². The second-order valence-electron chi connectivity index (χ2n) is 17.3. The lowest BCUT2D eigenvalue weighted by molar-refractivity contribution is -0.151. The van der Waals surface area contributed by atoms with E-state index in [2.05, 4.69) is 72.8 Å². The number of unbranched alkanes of at least 4 members (excludes halogenated alkanes) is 12. The summed E-state index contributed by atoms with van der Waals surface area (Å²) in [7, 11) is 0. The molecule has 262 valence electrons. The molecule has 2 nitrogen and oxygen atoms in total. The highest BCUT2D eigenvalue weighted by molar-refractivity contribution is 5.69. The Balaban J connectivity index is 1.19. The summed E-state index contributed by atoms with van der Waals surface area (Å²) in [6.45, 7) is 17.0. The van der Waals surface area contributed by atoms with Crippen LogP contribution in [0.15, 0.2) is 35.5 Å². The SMILES string of the molecule is CCCCCCCCCCCCCCCC(=O)O[C@H]1CC[C@]2(C)C(=CC=C3[C@H]2CC[C@]2(C)[C@@H]([C@H](C)/C=C/[C@H](C)C(C)C)CC[C@@H]32)C1. The van der Waals surface area contributed by atoms with E-state index in [1.165, 1.54) is 103 Å². The number of hydrogen-bond acceptors (Lipinski definition) is 2. The Morgan fingerprint density at radius 1 is 0.783 bits per heavy atom. The molecule has 2 heteroatoms. The van der Waals surface area contributed by atoms with Gasteiger partial charge in [-0.05, 0) is 91.3 Å². The lowest BCUT2D eigenvalue weighted by atomic mass is 9.50. The first-order valence-electron chi connectivity index (χ1n) is 20.4. The zero-order chi connectivity index (χ0) is 33.2. The molecule has 0 unspecified atom stereocenters. The molecule has 0 N–H and O–H groups in total. The van der Waals surface area contributed by atoms with Crippen molar-refractivity contribution in [1.82, 2.24) is 0 Å². The first-order valence-corrected chi connectivity index (χ1v) is 20.4. The van der Waals surface area contributed by atoms with Gasteiger partial charge < -0.3 is 4.74 Å². The maximum Gasteiger partial charge on any atom is 0.306 e. The minimum atomic E-state index is 0.0423. The molecule has 0 aliphatic heterocycles. The molecule has 4 rings (SSSR count). The van der Waals surface area contributed by atoms with Crippen molar-refractivity contribution in [2.24, 2.45) is 46.3 Å². The van der Waals surface area contributed by atoms with E-state index in [1.54, 1.807) is 11.1 Å². The van der Waals surface area contributed by atoms with Crippen LogP contribution in [0, 0.1) is 46.3 Å². The van der Waals surface area contributed by atoms with Crippen LogP contribution in [-0.2, 0) is 9.53 Å². The summed E-state index contributed by atoms with van der Waals surface area (Å²) < 4.78 is 6.10. The Bertz CT molecular complexity index is 1030. The average molecular weight is 635 g/mol. The van der Waals surface area contributed by atoms with Crippen molar-refractivity contribution < 1.29 is 9.53 Å². The largest absolute Gasteiger partial charge is 0.462 e. The van der Waals surface area contributed by atoms with Gasteiger partial charge in [0.05, 0.1) is 0 Å². The van der Waals surface area contributed by atoms with Gasteiger partial charge in [0.2, 0.25) is 0 Å². The van der Waals surface area contributed by atoms with Crippen LogP contribution in [0.1, 0.15) is 183 Å². The molecule has 0 aromatic carbocycles. The van der Waals surface area contributed by atoms with Gasteiger partial charge in [-0.15, -0.1) is 0 Å². The molecule has 46 heavy (non-hydrogen) atoms. The van der Waals surface area contributed by atoms with Gasteiger partial charge in [-0.2, -0.15) is 0 Å². The van der Waals surface area contributed by atoms with E-state index < -0.39 is 0 Å². The number of hydrogen-bond donors (Lipinski definition) is 0. The first kappa shape index (κ1) is 37.5. The molecule has 0 aromatic rings. The molecule has 4 aliphatic rings. The second kappa shape index (κ2) is 17.9. The average Bonchev–Trinajstić information content (AvgIpc) is 3.39. The van der Waals surface area contributed by atoms with Gasteiger partial charge in [0.1, 0.15) is 6.10 Å². The lowest BCUT2D eigenvalue weighted by Crippen LogP contribution is -2.46. The summed E-state index contributed by atoms with van der Waals surface area (Å²) in [4.78, 5) is 12.8. The zero-order valence-corrected chi connectivity index (χ0v) is 31.5. The lowest BCUT2D eigenvalue weighted by Gasteiger charge is -2.55. The van der Waals surface area contributed by atoms with E-state index in [1.807, 2.05) is 0 Å². The van der Waals surface area contributed by atoms with Gasteiger partial charge in [-0.1, -0.05) is 161 Å². The molecular weight excluding hydrogens is 560 g/mol. The van der Waals surface area contributed by atoms with E-state index in [4.69, 9.17) is 4.74 Å². The fraction of sp³-hybridized carbons (Fsp3) is 0.841. The van der Waals surface area contributed by atoms with E-state index in [-0.39, 0.29) is 17.5 Å². The second-order valence-corrected chi connectivity index (χ2v) is 17.3. The molecule has 0 aromatic heterocycles. The zero-order valence-electron chi connectivity index (χ0n) is 31.5. The fourth-order valence-corrected chi connectivity index (χ4v) is 10.2. The van der Waals surface area contributed by atoms with Crippen LogP contribution in [0.2, 0.25) is 0 Å². The number of esters is 1.